The van der Waals surface area contributed by atoms with E-state index in [1.165, 1.54) is 19.2 Å². The van der Waals surface area contributed by atoms with Crippen molar-refractivity contribution < 1.29 is 28.5 Å². The third-order valence-electron chi connectivity index (χ3n) is 5.60. The fourth-order valence-electron chi connectivity index (χ4n) is 4.79. The zero-order valence-corrected chi connectivity index (χ0v) is 19.3. The van der Waals surface area contributed by atoms with Crippen LogP contribution in [0.1, 0.15) is 52.5 Å². The molecule has 1 unspecified atom stereocenters. The van der Waals surface area contributed by atoms with Crippen molar-refractivity contribution in [3.8, 4) is 0 Å². The predicted octanol–water partition coefficient (Wildman–Crippen LogP) is 5.70. The molecule has 7 heteroatoms. The molecule has 0 saturated heterocycles. The lowest BCUT2D eigenvalue weighted by molar-refractivity contribution is -0.138. The van der Waals surface area contributed by atoms with Crippen molar-refractivity contribution in [2.24, 2.45) is 10.8 Å². The van der Waals surface area contributed by atoms with Gasteiger partial charge in [-0.25, -0.2) is 4.39 Å². The van der Waals surface area contributed by atoms with E-state index in [2.05, 4.69) is 20.4 Å². The molecule has 0 radical (unpaired) electrons. The first-order chi connectivity index (χ1) is 13.7. The van der Waals surface area contributed by atoms with Crippen LogP contribution in [-0.4, -0.2) is 35.6 Å². The summed E-state index contributed by atoms with van der Waals surface area (Å²) in [4.78, 5) is 10.9. The lowest BCUT2D eigenvalue weighted by Gasteiger charge is -2.45. The van der Waals surface area contributed by atoms with Gasteiger partial charge in [-0.2, -0.15) is 0 Å². The number of carboxylic acid groups (broad SMARTS) is 1. The summed E-state index contributed by atoms with van der Waals surface area (Å²) in [6.07, 6.45) is -0.684. The molecule has 1 aromatic carbocycles. The van der Waals surface area contributed by atoms with Crippen LogP contribution in [-0.2, 0) is 13.9 Å². The number of carbonyl (C=O) groups is 1. The van der Waals surface area contributed by atoms with E-state index in [0.29, 0.717) is 6.42 Å². The fourth-order valence-corrected chi connectivity index (χ4v) is 6.85. The van der Waals surface area contributed by atoms with E-state index in [1.807, 2.05) is 13.8 Å². The van der Waals surface area contributed by atoms with Crippen molar-refractivity contribution >= 4 is 18.9 Å². The number of aliphatic hydroxyl groups is 1. The molecule has 30 heavy (non-hydrogen) atoms. The molecule has 0 bridgehead atoms. The van der Waals surface area contributed by atoms with Gasteiger partial charge in [-0.05, 0) is 52.5 Å². The Hall–Kier alpha value is -1.75. The Bertz CT molecular complexity index is 899. The maximum atomic E-state index is 13.7. The van der Waals surface area contributed by atoms with Crippen LogP contribution < -0.4 is 0 Å². The number of benzene rings is 1. The second-order valence-electron chi connectivity index (χ2n) is 9.50. The molecule has 1 aliphatic carbocycles. The highest BCUT2D eigenvalue weighted by atomic mass is 31.2. The molecule has 1 aliphatic rings. The number of aliphatic carboxylic acids is 1. The Labute approximate surface area is 178 Å². The van der Waals surface area contributed by atoms with Crippen molar-refractivity contribution in [2.75, 3.05) is 13.3 Å². The third kappa shape index (κ3) is 5.48. The summed E-state index contributed by atoms with van der Waals surface area (Å²) in [6, 6.07) is 6.19. The zero-order valence-electron chi connectivity index (χ0n) is 18.4. The summed E-state index contributed by atoms with van der Waals surface area (Å²) >= 11 is 0. The standard InChI is InChI=1S/C23H32FO5P/c1-15(30(28,29-6)13-18(25)11-20(26)27)21-19(16-7-9-17(24)10-8-16)12-22(2,3)14-23(21,4)5/h7-10,18,25H,1,11-14H2,2-6H3,(H,26,27)/t18-,30?/m0/s1. The number of hydrogen-bond donors (Lipinski definition) is 2. The summed E-state index contributed by atoms with van der Waals surface area (Å²) < 4.78 is 32.6. The van der Waals surface area contributed by atoms with Gasteiger partial charge in [0, 0.05) is 12.4 Å². The van der Waals surface area contributed by atoms with Crippen LogP contribution in [0, 0.1) is 16.6 Å². The van der Waals surface area contributed by atoms with E-state index >= 15 is 0 Å². The van der Waals surface area contributed by atoms with Crippen LogP contribution in [0.4, 0.5) is 4.39 Å². The van der Waals surface area contributed by atoms with E-state index in [-0.39, 0.29) is 22.7 Å². The Balaban J connectivity index is 2.62. The Kier molecular flexibility index (Phi) is 7.17. The maximum Gasteiger partial charge on any atom is 0.305 e. The maximum absolute atomic E-state index is 13.7. The van der Waals surface area contributed by atoms with Crippen molar-refractivity contribution in [2.45, 2.75) is 53.1 Å². The van der Waals surface area contributed by atoms with E-state index in [4.69, 9.17) is 9.63 Å². The largest absolute Gasteiger partial charge is 0.481 e. The third-order valence-corrected chi connectivity index (χ3v) is 8.14. The van der Waals surface area contributed by atoms with E-state index in [9.17, 15) is 18.9 Å². The number of rotatable bonds is 8. The molecule has 0 aromatic heterocycles. The molecule has 2 N–H and O–H groups in total. The highest BCUT2D eigenvalue weighted by Gasteiger charge is 2.44. The minimum Gasteiger partial charge on any atom is -0.481 e. The minimum absolute atomic E-state index is 0.0448. The van der Waals surface area contributed by atoms with Gasteiger partial charge in [-0.1, -0.05) is 46.4 Å². The van der Waals surface area contributed by atoms with Crippen LogP contribution >= 0.6 is 7.37 Å². The molecule has 5 nitrogen and oxygen atoms in total. The summed E-state index contributed by atoms with van der Waals surface area (Å²) in [5, 5.41) is 19.4. The zero-order chi connectivity index (χ0) is 22.9. The molecule has 0 amide bonds. The number of allylic oxidation sites excluding steroid dienone is 3. The Morgan fingerprint density at radius 3 is 2.33 bits per heavy atom. The monoisotopic (exact) mass is 438 g/mol. The highest BCUT2D eigenvalue weighted by molar-refractivity contribution is 7.63. The SMILES string of the molecule is C=C(C1=C(c2ccc(F)cc2)CC(C)(C)CC1(C)C)P(=O)(C[C@@H](O)CC(=O)O)OC. The molecule has 0 saturated carbocycles. The topological polar surface area (TPSA) is 83.8 Å². The number of carboxylic acids is 1. The number of aliphatic hydroxyl groups excluding tert-OH is 1. The Morgan fingerprint density at radius 2 is 1.83 bits per heavy atom. The number of halogens is 1. The minimum atomic E-state index is -3.60. The molecule has 0 fully saturated rings. The lowest BCUT2D eigenvalue weighted by atomic mass is 9.61. The van der Waals surface area contributed by atoms with Crippen molar-refractivity contribution in [1.82, 2.24) is 0 Å². The first kappa shape index (κ1) is 24.5. The average Bonchev–Trinajstić information content (AvgIpc) is 2.58. The molecule has 2 atom stereocenters. The average molecular weight is 438 g/mol. The second-order valence-corrected chi connectivity index (χ2v) is 12.1. The van der Waals surface area contributed by atoms with Crippen molar-refractivity contribution in [1.29, 1.82) is 0 Å². The summed E-state index contributed by atoms with van der Waals surface area (Å²) in [6.45, 7) is 12.5. The second kappa shape index (κ2) is 8.78. The van der Waals surface area contributed by atoms with Gasteiger partial charge in [-0.15, -0.1) is 0 Å². The van der Waals surface area contributed by atoms with Crippen LogP contribution in [0.15, 0.2) is 41.7 Å². The Morgan fingerprint density at radius 1 is 1.27 bits per heavy atom. The van der Waals surface area contributed by atoms with Gasteiger partial charge in [0.1, 0.15) is 5.82 Å². The lowest BCUT2D eigenvalue weighted by Crippen LogP contribution is -2.32. The van der Waals surface area contributed by atoms with Crippen molar-refractivity contribution in [3.05, 3.63) is 53.1 Å². The van der Waals surface area contributed by atoms with Crippen LogP contribution in [0.5, 0.6) is 0 Å². The van der Waals surface area contributed by atoms with Crippen LogP contribution in [0.2, 0.25) is 0 Å². The van der Waals surface area contributed by atoms with Gasteiger partial charge >= 0.3 is 5.97 Å². The van der Waals surface area contributed by atoms with Crippen LogP contribution in [0.25, 0.3) is 5.57 Å². The first-order valence-corrected chi connectivity index (χ1v) is 11.8. The van der Waals surface area contributed by atoms with Gasteiger partial charge in [0.15, 0.2) is 0 Å². The molecule has 0 heterocycles. The molecule has 0 spiro atoms. The molecule has 1 aromatic rings. The van der Waals surface area contributed by atoms with Gasteiger partial charge in [-0.3, -0.25) is 9.36 Å². The number of hydrogen-bond acceptors (Lipinski definition) is 4. The van der Waals surface area contributed by atoms with E-state index < -0.39 is 31.3 Å². The molecule has 166 valence electrons. The smallest absolute Gasteiger partial charge is 0.305 e. The van der Waals surface area contributed by atoms with Crippen LogP contribution in [0.3, 0.4) is 0 Å². The van der Waals surface area contributed by atoms with Crippen molar-refractivity contribution in [3.63, 3.8) is 0 Å². The van der Waals surface area contributed by atoms with Gasteiger partial charge in [0.2, 0.25) is 7.37 Å². The molecular weight excluding hydrogens is 406 g/mol. The molecule has 0 aliphatic heterocycles. The van der Waals surface area contributed by atoms with Gasteiger partial charge in [0.25, 0.3) is 0 Å². The molecular formula is C23H32FO5P. The highest BCUT2D eigenvalue weighted by Crippen LogP contribution is 2.64. The summed E-state index contributed by atoms with van der Waals surface area (Å²) in [7, 11) is -2.31. The summed E-state index contributed by atoms with van der Waals surface area (Å²) in [5.74, 6) is -1.52. The van der Waals surface area contributed by atoms with Gasteiger partial charge < -0.3 is 14.7 Å². The van der Waals surface area contributed by atoms with E-state index in [1.54, 1.807) is 12.1 Å². The van der Waals surface area contributed by atoms with Gasteiger partial charge in [0.05, 0.1) is 18.7 Å². The van der Waals surface area contributed by atoms with E-state index in [0.717, 1.165) is 23.1 Å². The first-order valence-electron chi connectivity index (χ1n) is 9.95. The normalized spacial score (nSPS) is 21.0. The molecule has 2 rings (SSSR count). The summed E-state index contributed by atoms with van der Waals surface area (Å²) in [5.41, 5.74) is 2.07. The fraction of sp³-hybridized carbons (Fsp3) is 0.522. The quantitative estimate of drug-likeness (QED) is 0.509. The predicted molar refractivity (Wildman–Crippen MR) is 117 cm³/mol.